The van der Waals surface area contributed by atoms with Crippen molar-refractivity contribution in [2.24, 2.45) is 0 Å². The number of halogens is 1. The Morgan fingerprint density at radius 3 is 1.04 bits per heavy atom. The zero-order valence-corrected chi connectivity index (χ0v) is 51.4. The van der Waals surface area contributed by atoms with Crippen LogP contribution in [0.5, 0.6) is 0 Å². The van der Waals surface area contributed by atoms with Gasteiger partial charge in [0.15, 0.2) is 0 Å². The highest BCUT2D eigenvalue weighted by Gasteiger charge is 2.22. The lowest BCUT2D eigenvalue weighted by Gasteiger charge is -2.15. The van der Waals surface area contributed by atoms with Gasteiger partial charge in [-0.3, -0.25) is 0 Å². The fourth-order valence-electron chi connectivity index (χ4n) is 12.7. The Morgan fingerprint density at radius 1 is 0.267 bits per heavy atom. The van der Waals surface area contributed by atoms with Crippen molar-refractivity contribution < 1.29 is 10.0 Å². The molecule has 90 heavy (non-hydrogen) atoms. The number of nitrogens with zero attached hydrogens (tertiary/aromatic N) is 4. The van der Waals surface area contributed by atoms with Crippen LogP contribution in [0.1, 0.15) is 0 Å². The highest BCUT2D eigenvalue weighted by atomic mass is 79.9. The molecule has 18 rings (SSSR count). The van der Waals surface area contributed by atoms with Crippen molar-refractivity contribution in [3.05, 3.63) is 296 Å². The van der Waals surface area contributed by atoms with Gasteiger partial charge in [-0.2, -0.15) is 0 Å². The van der Waals surface area contributed by atoms with E-state index in [2.05, 4.69) is 234 Å². The number of fused-ring (bicyclic) bond motifs is 18. The Morgan fingerprint density at radius 2 is 0.589 bits per heavy atom. The van der Waals surface area contributed by atoms with Crippen LogP contribution in [0.25, 0.3) is 162 Å². The predicted molar refractivity (Wildman–Crippen MR) is 386 cm³/mol. The lowest BCUT2D eigenvalue weighted by atomic mass is 9.80. The summed E-state index contributed by atoms with van der Waals surface area (Å²) in [7, 11) is -1.41. The minimum atomic E-state index is -1.41. The van der Waals surface area contributed by atoms with E-state index in [1.807, 2.05) is 78.1 Å². The molecule has 6 nitrogen and oxygen atoms in total. The van der Waals surface area contributed by atoms with Crippen molar-refractivity contribution >= 4 is 157 Å². The Hall–Kier alpha value is -10.3. The van der Waals surface area contributed by atoms with Gasteiger partial charge in [-0.15, -0.1) is 22.7 Å². The molecular weight excluding hydrogens is 1200 g/mol. The van der Waals surface area contributed by atoms with Crippen LogP contribution in [0.2, 0.25) is 0 Å². The predicted octanol–water partition coefficient (Wildman–Crippen LogP) is 21.1. The number of rotatable bonds is 6. The normalized spacial score (nSPS) is 11.5. The summed E-state index contributed by atoms with van der Waals surface area (Å²) in [5.41, 5.74) is 14.5. The second-order valence-corrected chi connectivity index (χ2v) is 25.2. The highest BCUT2D eigenvalue weighted by molar-refractivity contribution is 9.10. The molecule has 424 valence electrons. The quantitative estimate of drug-likeness (QED) is 0.127. The molecule has 0 bridgehead atoms. The first-order chi connectivity index (χ1) is 44.4. The van der Waals surface area contributed by atoms with E-state index in [-0.39, 0.29) is 0 Å². The molecule has 0 aliphatic rings. The first-order valence-electron chi connectivity index (χ1n) is 29.8. The Bertz CT molecular complexity index is 5820. The molecule has 4 aromatic heterocycles. The van der Waals surface area contributed by atoms with Gasteiger partial charge in [0, 0.05) is 83.2 Å². The lowest BCUT2D eigenvalue weighted by Crippen LogP contribution is -2.29. The Kier molecular flexibility index (Phi) is 14.3. The first-order valence-corrected chi connectivity index (χ1v) is 32.2. The van der Waals surface area contributed by atoms with Gasteiger partial charge < -0.3 is 10.0 Å². The van der Waals surface area contributed by atoms with Gasteiger partial charge in [-0.1, -0.05) is 277 Å². The monoisotopic (exact) mass is 1250 g/mol. The van der Waals surface area contributed by atoms with E-state index in [1.165, 1.54) is 62.9 Å². The number of benzene rings is 14. The molecule has 0 aliphatic carbocycles. The summed E-state index contributed by atoms with van der Waals surface area (Å²) in [6, 6.07) is 101. The van der Waals surface area contributed by atoms with Crippen LogP contribution in [-0.2, 0) is 0 Å². The van der Waals surface area contributed by atoms with E-state index in [0.29, 0.717) is 5.46 Å². The van der Waals surface area contributed by atoms with Gasteiger partial charge in [-0.25, -0.2) is 19.9 Å². The fourth-order valence-corrected chi connectivity index (χ4v) is 15.6. The maximum Gasteiger partial charge on any atom is 0.489 e. The van der Waals surface area contributed by atoms with E-state index in [0.717, 1.165) is 103 Å². The molecule has 0 saturated carbocycles. The van der Waals surface area contributed by atoms with E-state index in [1.54, 1.807) is 17.4 Å². The average molecular weight is 1250 g/mol. The maximum atomic E-state index is 9.31. The third-order valence-corrected chi connectivity index (χ3v) is 19.8. The van der Waals surface area contributed by atoms with Crippen molar-refractivity contribution in [3.63, 3.8) is 0 Å². The van der Waals surface area contributed by atoms with Crippen LogP contribution < -0.4 is 5.46 Å². The van der Waals surface area contributed by atoms with Gasteiger partial charge in [-0.05, 0) is 73.9 Å². The zero-order chi connectivity index (χ0) is 60.2. The summed E-state index contributed by atoms with van der Waals surface area (Å²) >= 11 is 7.07. The lowest BCUT2D eigenvalue weighted by molar-refractivity contribution is 0.426. The molecule has 0 saturated heterocycles. The molecule has 0 aliphatic heterocycles. The van der Waals surface area contributed by atoms with Gasteiger partial charge >= 0.3 is 7.12 Å². The van der Waals surface area contributed by atoms with E-state index in [4.69, 9.17) is 19.9 Å². The SMILES string of the molecule is Brc1cccc(-c2nc3c4ccccc4c4ccccc4c3nc2-c2ccccc2)c1.OB(O)c1cccc2c1sc1ccccc12.c1ccc(-c2nc3c4ccccc4c4ccccc4c3nc2-c2cccc(-c3cccc4c3sc3ccccc34)c2)cc1. The highest BCUT2D eigenvalue weighted by Crippen LogP contribution is 2.44. The number of aromatic nitrogens is 4. The molecule has 4 heterocycles. The average Bonchev–Trinajstić information content (AvgIpc) is 1.17. The summed E-state index contributed by atoms with van der Waals surface area (Å²) in [5.74, 6) is 0. The fraction of sp³-hybridized carbons (Fsp3) is 0. The summed E-state index contributed by atoms with van der Waals surface area (Å²) in [5, 5.41) is 32.8. The van der Waals surface area contributed by atoms with Crippen molar-refractivity contribution in [2.75, 3.05) is 0 Å². The second-order valence-electron chi connectivity index (χ2n) is 22.2. The molecular formula is C80H50BBrN4O2S2. The molecule has 0 radical (unpaired) electrons. The summed E-state index contributed by atoms with van der Waals surface area (Å²) in [6.45, 7) is 0. The van der Waals surface area contributed by atoms with Crippen LogP contribution in [0.3, 0.4) is 0 Å². The summed E-state index contributed by atoms with van der Waals surface area (Å²) in [6.07, 6.45) is 0. The molecule has 0 spiro atoms. The van der Waals surface area contributed by atoms with E-state index >= 15 is 0 Å². The van der Waals surface area contributed by atoms with Crippen LogP contribution in [0, 0.1) is 0 Å². The van der Waals surface area contributed by atoms with Crippen LogP contribution >= 0.6 is 38.6 Å². The van der Waals surface area contributed by atoms with Crippen LogP contribution in [0.4, 0.5) is 0 Å². The zero-order valence-electron chi connectivity index (χ0n) is 48.2. The van der Waals surface area contributed by atoms with Crippen LogP contribution in [-0.4, -0.2) is 37.1 Å². The van der Waals surface area contributed by atoms with E-state index < -0.39 is 7.12 Å². The molecule has 0 fully saturated rings. The van der Waals surface area contributed by atoms with Gasteiger partial charge in [0.05, 0.1) is 44.8 Å². The number of hydrogen-bond donors (Lipinski definition) is 2. The van der Waals surface area contributed by atoms with E-state index in [9.17, 15) is 10.0 Å². The first kappa shape index (κ1) is 55.0. The summed E-state index contributed by atoms with van der Waals surface area (Å²) in [4.78, 5) is 21.4. The standard InChI is InChI=1S/C40H24N2S.C28H17BrN2.C12H9BO2S/c1-2-12-25(13-3-1)36-37(42-39-33-20-7-5-17-30(33)29-16-4-6-19-32(29)38(39)41-36)27-15-10-14-26(24-27)28-21-11-22-34-31-18-8-9-23-35(31)43-40(28)34;29-20-12-8-11-19(17-20)26-25(18-9-2-1-3-10-18)30-27-23-15-6-4-13-21(23)22-14-5-7-16-24(22)28(27)31-26;14-13(15)10-6-3-5-9-8-4-1-2-7-11(8)16-12(9)10/h1-24H;1-17H;1-7,14-15H. The topological polar surface area (TPSA) is 92.0 Å². The van der Waals surface area contributed by atoms with Crippen molar-refractivity contribution in [3.8, 4) is 56.2 Å². The second kappa shape index (κ2) is 23.3. The molecule has 14 aromatic carbocycles. The smallest absolute Gasteiger partial charge is 0.423 e. The minimum Gasteiger partial charge on any atom is -0.423 e. The number of thiophene rings is 2. The van der Waals surface area contributed by atoms with Gasteiger partial charge in [0.2, 0.25) is 0 Å². The molecule has 10 heteroatoms. The third kappa shape index (κ3) is 9.83. The molecule has 18 aromatic rings. The van der Waals surface area contributed by atoms with Crippen molar-refractivity contribution in [1.29, 1.82) is 0 Å². The molecule has 0 unspecified atom stereocenters. The maximum absolute atomic E-state index is 9.31. The Labute approximate surface area is 534 Å². The summed E-state index contributed by atoms with van der Waals surface area (Å²) < 4.78 is 5.77. The Balaban J connectivity index is 0.000000120. The molecule has 0 amide bonds. The number of hydrogen-bond acceptors (Lipinski definition) is 8. The molecule has 0 atom stereocenters. The van der Waals surface area contributed by atoms with Crippen LogP contribution in [0.15, 0.2) is 296 Å². The van der Waals surface area contributed by atoms with Gasteiger partial charge in [0.1, 0.15) is 0 Å². The largest absolute Gasteiger partial charge is 0.489 e. The van der Waals surface area contributed by atoms with Crippen molar-refractivity contribution in [2.45, 2.75) is 0 Å². The third-order valence-electron chi connectivity index (χ3n) is 16.9. The minimum absolute atomic E-state index is 0.582. The van der Waals surface area contributed by atoms with Crippen molar-refractivity contribution in [1.82, 2.24) is 19.9 Å². The van der Waals surface area contributed by atoms with Gasteiger partial charge in [0.25, 0.3) is 0 Å². The molecule has 2 N–H and O–H groups in total.